The van der Waals surface area contributed by atoms with Gasteiger partial charge in [0.15, 0.2) is 0 Å². The molecule has 5 heteroatoms. The monoisotopic (exact) mass is 248 g/mol. The zero-order chi connectivity index (χ0) is 12.8. The highest BCUT2D eigenvalue weighted by Gasteiger charge is 2.52. The van der Waals surface area contributed by atoms with E-state index >= 15 is 0 Å². The summed E-state index contributed by atoms with van der Waals surface area (Å²) >= 11 is 0. The van der Waals surface area contributed by atoms with Crippen LogP contribution in [-0.4, -0.2) is 40.8 Å². The largest absolute Gasteiger partial charge is 0.387 e. The molecule has 5 nitrogen and oxygen atoms in total. The van der Waals surface area contributed by atoms with Gasteiger partial charge in [-0.25, -0.2) is 4.98 Å². The summed E-state index contributed by atoms with van der Waals surface area (Å²) in [6.45, 7) is 3.62. The van der Waals surface area contributed by atoms with Crippen molar-refractivity contribution >= 4 is 11.8 Å². The van der Waals surface area contributed by atoms with E-state index in [1.165, 1.54) is 0 Å². The number of β-amino-alcohol motifs (C(OH)–C–C–N with tert-alkyl or cyclic N) is 1. The van der Waals surface area contributed by atoms with Crippen molar-refractivity contribution in [1.29, 1.82) is 0 Å². The Kier molecular flexibility index (Phi) is 2.66. The zero-order valence-corrected chi connectivity index (χ0v) is 10.9. The Morgan fingerprint density at radius 1 is 1.50 bits per heavy atom. The van der Waals surface area contributed by atoms with Gasteiger partial charge in [-0.3, -0.25) is 0 Å². The predicted molar refractivity (Wildman–Crippen MR) is 70.6 cm³/mol. The third kappa shape index (κ3) is 1.82. The molecule has 2 aliphatic rings. The van der Waals surface area contributed by atoms with Gasteiger partial charge in [-0.05, 0) is 24.8 Å². The molecule has 0 bridgehead atoms. The van der Waals surface area contributed by atoms with Gasteiger partial charge in [-0.15, -0.1) is 0 Å². The average molecular weight is 248 g/mol. The lowest BCUT2D eigenvalue weighted by atomic mass is 9.88. The number of hydrogen-bond donors (Lipinski definition) is 2. The molecule has 1 saturated heterocycles. The van der Waals surface area contributed by atoms with Gasteiger partial charge in [-0.1, -0.05) is 6.92 Å². The van der Waals surface area contributed by atoms with E-state index in [9.17, 15) is 5.11 Å². The first-order valence-corrected chi connectivity index (χ1v) is 6.61. The predicted octanol–water partition coefficient (Wildman–Crippen LogP) is 1.12. The summed E-state index contributed by atoms with van der Waals surface area (Å²) in [5.74, 6) is 2.29. The normalized spacial score (nSPS) is 31.7. The molecule has 1 aromatic heterocycles. The Morgan fingerprint density at radius 3 is 2.94 bits per heavy atom. The average Bonchev–Trinajstić information content (AvgIpc) is 3.18. The van der Waals surface area contributed by atoms with E-state index in [1.807, 2.05) is 13.1 Å². The van der Waals surface area contributed by atoms with Gasteiger partial charge in [0.2, 0.25) is 5.95 Å². The van der Waals surface area contributed by atoms with Crippen LogP contribution in [0.1, 0.15) is 19.8 Å². The standard InChI is InChI=1S/C13H20N4O/c1-9-7-17(8-13(9,18)10-3-4-10)12-15-6-5-11(14-2)16-12/h5-6,9-10,18H,3-4,7-8H2,1-2H3,(H,14,15,16)/t9-,13+/m1/s1. The molecular weight excluding hydrogens is 228 g/mol. The number of rotatable bonds is 3. The van der Waals surface area contributed by atoms with Crippen molar-refractivity contribution in [1.82, 2.24) is 9.97 Å². The maximum atomic E-state index is 10.7. The molecule has 18 heavy (non-hydrogen) atoms. The summed E-state index contributed by atoms with van der Waals surface area (Å²) in [7, 11) is 1.85. The van der Waals surface area contributed by atoms with Crippen molar-refractivity contribution in [3.05, 3.63) is 12.3 Å². The van der Waals surface area contributed by atoms with Crippen LogP contribution in [0.25, 0.3) is 0 Å². The van der Waals surface area contributed by atoms with Gasteiger partial charge < -0.3 is 15.3 Å². The summed E-state index contributed by atoms with van der Waals surface area (Å²) in [5, 5.41) is 13.8. The second kappa shape index (κ2) is 4.09. The molecule has 1 aliphatic carbocycles. The van der Waals surface area contributed by atoms with E-state index in [2.05, 4.69) is 27.1 Å². The maximum absolute atomic E-state index is 10.7. The van der Waals surface area contributed by atoms with Crippen LogP contribution < -0.4 is 10.2 Å². The van der Waals surface area contributed by atoms with Gasteiger partial charge >= 0.3 is 0 Å². The fourth-order valence-electron chi connectivity index (χ4n) is 2.92. The van der Waals surface area contributed by atoms with E-state index in [-0.39, 0.29) is 5.92 Å². The summed E-state index contributed by atoms with van der Waals surface area (Å²) in [6, 6.07) is 1.84. The minimum Gasteiger partial charge on any atom is -0.387 e. The van der Waals surface area contributed by atoms with Crippen LogP contribution in [0.5, 0.6) is 0 Å². The lowest BCUT2D eigenvalue weighted by Gasteiger charge is -2.26. The third-order valence-corrected chi connectivity index (χ3v) is 4.26. The minimum atomic E-state index is -0.543. The first-order chi connectivity index (χ1) is 8.63. The van der Waals surface area contributed by atoms with Crippen molar-refractivity contribution < 1.29 is 5.11 Å². The Balaban J connectivity index is 1.81. The molecule has 0 unspecified atom stereocenters. The molecule has 1 aliphatic heterocycles. The fourth-order valence-corrected chi connectivity index (χ4v) is 2.92. The Hall–Kier alpha value is -1.36. The fraction of sp³-hybridized carbons (Fsp3) is 0.692. The molecule has 0 amide bonds. The SMILES string of the molecule is CNc1ccnc(N2C[C@@H](C)[C@](O)(C3CC3)C2)n1. The quantitative estimate of drug-likeness (QED) is 0.839. The summed E-state index contributed by atoms with van der Waals surface area (Å²) in [6.07, 6.45) is 4.07. The molecule has 0 radical (unpaired) electrons. The second-order valence-electron chi connectivity index (χ2n) is 5.54. The van der Waals surface area contributed by atoms with E-state index in [1.54, 1.807) is 6.20 Å². The van der Waals surface area contributed by atoms with Crippen molar-refractivity contribution in [3.8, 4) is 0 Å². The Bertz CT molecular complexity index is 448. The Labute approximate surface area is 107 Å². The summed E-state index contributed by atoms with van der Waals surface area (Å²) in [4.78, 5) is 10.9. The van der Waals surface area contributed by atoms with E-state index < -0.39 is 5.60 Å². The van der Waals surface area contributed by atoms with Crippen LogP contribution in [0.3, 0.4) is 0 Å². The molecule has 1 aromatic rings. The molecule has 2 N–H and O–H groups in total. The maximum Gasteiger partial charge on any atom is 0.227 e. The number of anilines is 2. The summed E-state index contributed by atoms with van der Waals surface area (Å²) < 4.78 is 0. The number of hydrogen-bond acceptors (Lipinski definition) is 5. The number of nitrogens with zero attached hydrogens (tertiary/aromatic N) is 3. The van der Waals surface area contributed by atoms with Gasteiger partial charge in [0.1, 0.15) is 5.82 Å². The van der Waals surface area contributed by atoms with Gasteiger partial charge in [0.05, 0.1) is 12.1 Å². The Morgan fingerprint density at radius 2 is 2.28 bits per heavy atom. The van der Waals surface area contributed by atoms with Crippen LogP contribution >= 0.6 is 0 Å². The molecule has 2 atom stereocenters. The highest BCUT2D eigenvalue weighted by Crippen LogP contribution is 2.47. The summed E-state index contributed by atoms with van der Waals surface area (Å²) in [5.41, 5.74) is -0.543. The van der Waals surface area contributed by atoms with Crippen LogP contribution in [0.15, 0.2) is 12.3 Å². The molecule has 0 aromatic carbocycles. The lowest BCUT2D eigenvalue weighted by Crippen LogP contribution is -2.39. The molecular formula is C13H20N4O. The van der Waals surface area contributed by atoms with Gasteiger partial charge in [0.25, 0.3) is 0 Å². The zero-order valence-electron chi connectivity index (χ0n) is 10.9. The van der Waals surface area contributed by atoms with Crippen molar-refractivity contribution in [2.24, 2.45) is 11.8 Å². The molecule has 98 valence electrons. The van der Waals surface area contributed by atoms with E-state index in [0.29, 0.717) is 18.4 Å². The first-order valence-electron chi connectivity index (χ1n) is 6.61. The van der Waals surface area contributed by atoms with Crippen molar-refractivity contribution in [2.75, 3.05) is 30.4 Å². The topological polar surface area (TPSA) is 61.3 Å². The number of nitrogens with one attached hydrogen (secondary N) is 1. The van der Waals surface area contributed by atoms with Crippen LogP contribution in [0.2, 0.25) is 0 Å². The molecule has 0 spiro atoms. The number of aromatic nitrogens is 2. The smallest absolute Gasteiger partial charge is 0.227 e. The minimum absolute atomic E-state index is 0.284. The van der Waals surface area contributed by atoms with Crippen molar-refractivity contribution in [3.63, 3.8) is 0 Å². The van der Waals surface area contributed by atoms with Crippen LogP contribution in [0.4, 0.5) is 11.8 Å². The third-order valence-electron chi connectivity index (χ3n) is 4.26. The second-order valence-corrected chi connectivity index (χ2v) is 5.54. The van der Waals surface area contributed by atoms with Crippen LogP contribution in [0, 0.1) is 11.8 Å². The first kappa shape index (κ1) is 11.7. The van der Waals surface area contributed by atoms with E-state index in [4.69, 9.17) is 0 Å². The molecule has 2 fully saturated rings. The highest BCUT2D eigenvalue weighted by molar-refractivity contribution is 5.42. The lowest BCUT2D eigenvalue weighted by molar-refractivity contribution is 0.00279. The molecule has 2 heterocycles. The van der Waals surface area contributed by atoms with Gasteiger partial charge in [-0.2, -0.15) is 4.98 Å². The van der Waals surface area contributed by atoms with Crippen LogP contribution in [-0.2, 0) is 0 Å². The number of aliphatic hydroxyl groups is 1. The van der Waals surface area contributed by atoms with Gasteiger partial charge in [0, 0.05) is 25.7 Å². The molecule has 3 rings (SSSR count). The highest BCUT2D eigenvalue weighted by atomic mass is 16.3. The van der Waals surface area contributed by atoms with Crippen molar-refractivity contribution in [2.45, 2.75) is 25.4 Å². The molecule has 1 saturated carbocycles. The van der Waals surface area contributed by atoms with E-state index in [0.717, 1.165) is 25.2 Å².